The van der Waals surface area contributed by atoms with Crippen molar-refractivity contribution in [2.24, 2.45) is 0 Å². The van der Waals surface area contributed by atoms with Gasteiger partial charge in [0.1, 0.15) is 0 Å². The van der Waals surface area contributed by atoms with E-state index < -0.39 is 33.8 Å². The van der Waals surface area contributed by atoms with Crippen molar-refractivity contribution in [1.82, 2.24) is 0 Å². The van der Waals surface area contributed by atoms with Crippen LogP contribution in [0.1, 0.15) is 0 Å². The molecule has 1 rings (SSSR count). The second kappa shape index (κ2) is 29.3. The van der Waals surface area contributed by atoms with Gasteiger partial charge in [0.05, 0.1) is 0 Å². The highest BCUT2D eigenvalue weighted by molar-refractivity contribution is 6.94. The van der Waals surface area contributed by atoms with Gasteiger partial charge < -0.3 is 12.3 Å². The molecule has 0 amide bonds. The summed E-state index contributed by atoms with van der Waals surface area (Å²) in [6.45, 7) is 19.8. The molecule has 3 nitrogen and oxygen atoms in total. The molecule has 1 atom stereocenters. The first-order valence-corrected chi connectivity index (χ1v) is 20.7. The van der Waals surface area contributed by atoms with E-state index in [0.29, 0.717) is 0 Å². The molecule has 0 aliphatic rings. The van der Waals surface area contributed by atoms with Gasteiger partial charge in [-0.3, -0.25) is 4.70 Å². The van der Waals surface area contributed by atoms with E-state index >= 15 is 0 Å². The zero-order valence-corrected chi connectivity index (χ0v) is 24.6. The second-order valence-electron chi connectivity index (χ2n) is 8.24. The zero-order valence-electron chi connectivity index (χ0n) is 20.6. The molecule has 1 unspecified atom stereocenters. The van der Waals surface area contributed by atoms with Crippen molar-refractivity contribution in [3.05, 3.63) is 30.3 Å². The van der Waals surface area contributed by atoms with Crippen molar-refractivity contribution in [1.29, 1.82) is 0 Å². The SMILES string of the molecule is C[Si](C)(C)O[Si](C)(C)O[Si](C)(O[Si](C)(C)C)c1ccccc1.F.FF.FF.FF.FF.FF.FF. The van der Waals surface area contributed by atoms with Gasteiger partial charge in [0.2, 0.25) is 0 Å². The summed E-state index contributed by atoms with van der Waals surface area (Å²) in [5, 5.41) is 1.19. The average molecular weight is 621 g/mol. The summed E-state index contributed by atoms with van der Waals surface area (Å²) >= 11 is 0. The van der Waals surface area contributed by atoms with E-state index in [1.54, 1.807) is 0 Å². The molecule has 0 N–H and O–H groups in total. The van der Waals surface area contributed by atoms with Crippen molar-refractivity contribution in [2.75, 3.05) is 0 Å². The van der Waals surface area contributed by atoms with Gasteiger partial charge in [0, 0.05) is 54.9 Å². The van der Waals surface area contributed by atoms with E-state index in [9.17, 15) is 0 Å². The minimum absolute atomic E-state index is 0. The third-order valence-electron chi connectivity index (χ3n) is 2.79. The largest absolute Gasteiger partial charge is 0.437 e. The van der Waals surface area contributed by atoms with Gasteiger partial charge in [-0.1, -0.05) is 30.3 Å². The van der Waals surface area contributed by atoms with Crippen LogP contribution < -0.4 is 5.19 Å². The maximum absolute atomic E-state index is 8.00. The average Bonchev–Trinajstić information content (AvgIpc) is 2.79. The van der Waals surface area contributed by atoms with Crippen molar-refractivity contribution in [3.8, 4) is 0 Å². The Morgan fingerprint density at radius 3 is 1.00 bits per heavy atom. The summed E-state index contributed by atoms with van der Waals surface area (Å²) in [6, 6.07) is 10.4. The third-order valence-corrected chi connectivity index (χ3v) is 16.1. The molecule has 35 heavy (non-hydrogen) atoms. The van der Waals surface area contributed by atoms with Crippen LogP contribution in [0.4, 0.5) is 59.6 Å². The fourth-order valence-corrected chi connectivity index (χ4v) is 19.8. The molecule has 0 aliphatic carbocycles. The summed E-state index contributed by atoms with van der Waals surface area (Å²) in [4.78, 5) is 0. The minimum atomic E-state index is -2.48. The van der Waals surface area contributed by atoms with Gasteiger partial charge in [-0.15, -0.1) is 0 Å². The van der Waals surface area contributed by atoms with Gasteiger partial charge in [0.15, 0.2) is 16.6 Å². The summed E-state index contributed by atoms with van der Waals surface area (Å²) in [5.41, 5.74) is 0. The smallest absolute Gasteiger partial charge is 0.350 e. The van der Waals surface area contributed by atoms with Crippen LogP contribution in [0.15, 0.2) is 30.3 Å². The molecular formula is C15H33F13O3Si4. The number of rotatable bonds is 7. The maximum Gasteiger partial charge on any atom is 0.350 e. The molecule has 0 heterocycles. The first-order valence-electron chi connectivity index (χ1n) is 8.74. The lowest BCUT2D eigenvalue weighted by molar-refractivity contribution is 0.108. The minimum Gasteiger partial charge on any atom is -0.437 e. The fourth-order valence-electron chi connectivity index (χ4n) is 2.69. The molecule has 0 radical (unpaired) electrons. The molecule has 0 saturated carbocycles. The lowest BCUT2D eigenvalue weighted by Gasteiger charge is -2.41. The molecule has 20 heteroatoms. The topological polar surface area (TPSA) is 27.7 Å². The standard InChI is InChI=1S/C15H32O3Si4.6F2.FH/c1-19(2,3)16-21(7,8)18-22(9,17-20(4,5)6)15-13-11-10-12-14-15;6*1-2;/h10-14H,1-9H3;;;;;;;1H. The van der Waals surface area contributed by atoms with Crippen LogP contribution in [0.2, 0.25) is 58.9 Å². The van der Waals surface area contributed by atoms with Crippen molar-refractivity contribution in [2.45, 2.75) is 58.9 Å². The molecule has 0 spiro atoms. The molecule has 1 aromatic rings. The Morgan fingerprint density at radius 1 is 0.457 bits per heavy atom. The van der Waals surface area contributed by atoms with E-state index in [4.69, 9.17) is 67.2 Å². The Kier molecular flexibility index (Phi) is 42.5. The van der Waals surface area contributed by atoms with E-state index in [1.165, 1.54) is 5.19 Å². The highest BCUT2D eigenvalue weighted by Gasteiger charge is 2.45. The highest BCUT2D eigenvalue weighted by atomic mass is 28.5. The molecule has 0 fully saturated rings. The van der Waals surface area contributed by atoms with Crippen LogP contribution in [0, 0.1) is 0 Å². The Balaban J connectivity index is -0.000000105. The normalized spacial score (nSPS) is 11.3. The Bertz CT molecular complexity index is 513. The van der Waals surface area contributed by atoms with Crippen LogP contribution in [-0.2, 0) is 12.3 Å². The Hall–Kier alpha value is -0.942. The molecular weight excluding hydrogens is 587 g/mol. The highest BCUT2D eigenvalue weighted by Crippen LogP contribution is 2.24. The van der Waals surface area contributed by atoms with Gasteiger partial charge in [-0.05, 0) is 64.1 Å². The number of hydrogen-bond acceptors (Lipinski definition) is 3. The summed E-state index contributed by atoms with van der Waals surface area (Å²) in [7, 11) is -8.07. The number of hydrogen-bond donors (Lipinski definition) is 0. The zero-order chi connectivity index (χ0) is 29.2. The lowest BCUT2D eigenvalue weighted by atomic mass is 10.4. The number of halogens is 13. The van der Waals surface area contributed by atoms with Gasteiger partial charge in [-0.25, -0.2) is 0 Å². The van der Waals surface area contributed by atoms with Crippen molar-refractivity contribution < 1.29 is 71.9 Å². The molecule has 1 aromatic carbocycles. The first-order chi connectivity index (χ1) is 15.7. The van der Waals surface area contributed by atoms with E-state index in [2.05, 4.69) is 83.2 Å². The van der Waals surface area contributed by atoms with Gasteiger partial charge in [-0.2, -0.15) is 0 Å². The predicted molar refractivity (Wildman–Crippen MR) is 121 cm³/mol. The fraction of sp³-hybridized carbons (Fsp3) is 0.600. The molecule has 0 bridgehead atoms. The maximum atomic E-state index is 8.00. The summed E-state index contributed by atoms with van der Waals surface area (Å²) in [6.07, 6.45) is 0. The van der Waals surface area contributed by atoms with Gasteiger partial charge in [0.25, 0.3) is 0 Å². The van der Waals surface area contributed by atoms with E-state index in [-0.39, 0.29) is 4.70 Å². The van der Waals surface area contributed by atoms with Gasteiger partial charge >= 0.3 is 17.1 Å². The third kappa shape index (κ3) is 33.1. The number of benzene rings is 1. The van der Waals surface area contributed by atoms with Crippen LogP contribution in [0.5, 0.6) is 0 Å². The monoisotopic (exact) mass is 620 g/mol. The molecule has 218 valence electrons. The van der Waals surface area contributed by atoms with Crippen LogP contribution in [0.25, 0.3) is 0 Å². The molecule has 0 saturated heterocycles. The van der Waals surface area contributed by atoms with Crippen molar-refractivity contribution >= 4 is 38.9 Å². The van der Waals surface area contributed by atoms with E-state index in [0.717, 1.165) is 0 Å². The summed E-state index contributed by atoms with van der Waals surface area (Å²) in [5.74, 6) is 0. The molecule has 0 aliphatic heterocycles. The first kappa shape index (κ1) is 50.8. The lowest BCUT2D eigenvalue weighted by Crippen LogP contribution is -2.62. The summed E-state index contributed by atoms with van der Waals surface area (Å²) < 4.78 is 116. The van der Waals surface area contributed by atoms with E-state index in [1.807, 2.05) is 6.07 Å². The molecule has 0 aromatic heterocycles. The Morgan fingerprint density at radius 2 is 0.743 bits per heavy atom. The predicted octanol–water partition coefficient (Wildman–Crippen LogP) is 9.58. The second-order valence-corrected chi connectivity index (χ2v) is 24.4. The van der Waals surface area contributed by atoms with Crippen LogP contribution in [-0.4, -0.2) is 33.8 Å². The quantitative estimate of drug-likeness (QED) is 0.224. The Labute approximate surface area is 200 Å². The van der Waals surface area contributed by atoms with Crippen LogP contribution in [0.3, 0.4) is 0 Å². The van der Waals surface area contributed by atoms with Crippen molar-refractivity contribution in [3.63, 3.8) is 0 Å². The van der Waals surface area contributed by atoms with Crippen LogP contribution >= 0.6 is 0 Å².